The molecule has 4 aromatic heterocycles. The lowest BCUT2D eigenvalue weighted by atomic mass is 10.2. The van der Waals surface area contributed by atoms with Gasteiger partial charge in [0, 0.05) is 17.1 Å². The second-order valence-corrected chi connectivity index (χ2v) is 5.85. The van der Waals surface area contributed by atoms with Gasteiger partial charge in [0.1, 0.15) is 0 Å². The molecule has 0 unspecified atom stereocenters. The number of nitrogens with zero attached hydrogens (tertiary/aromatic N) is 5. The van der Waals surface area contributed by atoms with Crippen molar-refractivity contribution in [2.45, 2.75) is 13.5 Å². The highest BCUT2D eigenvalue weighted by molar-refractivity contribution is 7.08. The van der Waals surface area contributed by atoms with Crippen molar-refractivity contribution in [3.8, 4) is 11.5 Å². The van der Waals surface area contributed by atoms with Crippen LogP contribution in [0.25, 0.3) is 17.1 Å². The molecule has 24 heavy (non-hydrogen) atoms. The predicted octanol–water partition coefficient (Wildman–Crippen LogP) is 2.08. The maximum atomic E-state index is 12.0. The molecule has 4 rings (SSSR count). The van der Waals surface area contributed by atoms with Crippen molar-refractivity contribution in [2.24, 2.45) is 0 Å². The van der Waals surface area contributed by atoms with Crippen LogP contribution in [0.15, 0.2) is 39.7 Å². The van der Waals surface area contributed by atoms with Gasteiger partial charge in [-0.3, -0.25) is 9.20 Å². The first kappa shape index (κ1) is 14.5. The molecule has 1 N–H and O–H groups in total. The molecule has 0 aliphatic rings. The van der Waals surface area contributed by atoms with E-state index < -0.39 is 0 Å². The molecule has 0 saturated heterocycles. The number of aryl methyl sites for hydroxylation is 1. The number of amides is 1. The van der Waals surface area contributed by atoms with Gasteiger partial charge in [-0.05, 0) is 30.5 Å². The van der Waals surface area contributed by atoms with Gasteiger partial charge in [-0.2, -0.15) is 16.3 Å². The van der Waals surface area contributed by atoms with Crippen molar-refractivity contribution < 1.29 is 9.32 Å². The highest BCUT2D eigenvalue weighted by Crippen LogP contribution is 2.22. The minimum absolute atomic E-state index is 0.142. The molecule has 1 amide bonds. The molecule has 0 bridgehead atoms. The maximum absolute atomic E-state index is 12.0. The Balaban J connectivity index is 1.62. The molecule has 9 heteroatoms. The number of rotatable bonds is 4. The predicted molar refractivity (Wildman–Crippen MR) is 86.5 cm³/mol. The molecule has 4 aromatic rings. The van der Waals surface area contributed by atoms with E-state index in [1.165, 1.54) is 11.3 Å². The second-order valence-electron chi connectivity index (χ2n) is 5.07. The number of nitrogens with one attached hydrogen (secondary N) is 1. The van der Waals surface area contributed by atoms with Crippen LogP contribution in [-0.2, 0) is 6.54 Å². The van der Waals surface area contributed by atoms with Crippen molar-refractivity contribution in [1.29, 1.82) is 0 Å². The average Bonchev–Trinajstić information content (AvgIpc) is 3.33. The van der Waals surface area contributed by atoms with E-state index in [0.29, 0.717) is 34.3 Å². The average molecular weight is 340 g/mol. The van der Waals surface area contributed by atoms with E-state index in [-0.39, 0.29) is 12.5 Å². The Morgan fingerprint density at radius 3 is 3.04 bits per heavy atom. The molecule has 0 aliphatic carbocycles. The number of hydrogen-bond acceptors (Lipinski definition) is 7. The third-order valence-corrected chi connectivity index (χ3v) is 4.14. The van der Waals surface area contributed by atoms with Gasteiger partial charge in [0.2, 0.25) is 0 Å². The molecule has 0 radical (unpaired) electrons. The lowest BCUT2D eigenvalue weighted by molar-refractivity contribution is 0.0950. The number of pyridine rings is 1. The van der Waals surface area contributed by atoms with Crippen LogP contribution in [0, 0.1) is 6.92 Å². The summed E-state index contributed by atoms with van der Waals surface area (Å²) in [5, 5.41) is 18.6. The van der Waals surface area contributed by atoms with Crippen LogP contribution in [0.5, 0.6) is 0 Å². The van der Waals surface area contributed by atoms with Gasteiger partial charge in [0.05, 0.1) is 12.1 Å². The van der Waals surface area contributed by atoms with E-state index in [2.05, 4.69) is 25.7 Å². The van der Waals surface area contributed by atoms with Gasteiger partial charge in [0.15, 0.2) is 17.3 Å². The first-order valence-corrected chi connectivity index (χ1v) is 8.10. The zero-order valence-electron chi connectivity index (χ0n) is 12.6. The molecule has 8 nitrogen and oxygen atoms in total. The highest BCUT2D eigenvalue weighted by atomic mass is 32.1. The van der Waals surface area contributed by atoms with E-state index in [1.807, 2.05) is 23.7 Å². The van der Waals surface area contributed by atoms with Gasteiger partial charge < -0.3 is 9.84 Å². The van der Waals surface area contributed by atoms with Crippen molar-refractivity contribution in [3.05, 3.63) is 52.4 Å². The molecule has 120 valence electrons. The van der Waals surface area contributed by atoms with Crippen molar-refractivity contribution in [2.75, 3.05) is 0 Å². The fraction of sp³-hybridized carbons (Fsp3) is 0.133. The molecule has 0 aromatic carbocycles. The quantitative estimate of drug-likeness (QED) is 0.611. The Labute approximate surface area is 140 Å². The summed E-state index contributed by atoms with van der Waals surface area (Å²) >= 11 is 1.48. The zero-order chi connectivity index (χ0) is 16.5. The van der Waals surface area contributed by atoms with Crippen molar-refractivity contribution in [1.82, 2.24) is 30.1 Å². The summed E-state index contributed by atoms with van der Waals surface area (Å²) in [4.78, 5) is 16.3. The fourth-order valence-corrected chi connectivity index (χ4v) is 2.95. The van der Waals surface area contributed by atoms with Gasteiger partial charge in [-0.1, -0.05) is 5.16 Å². The van der Waals surface area contributed by atoms with Gasteiger partial charge in [-0.15, -0.1) is 10.2 Å². The number of thiophene rings is 1. The van der Waals surface area contributed by atoms with E-state index in [0.717, 1.165) is 0 Å². The molecule has 0 fully saturated rings. The van der Waals surface area contributed by atoms with Crippen LogP contribution in [0.3, 0.4) is 0 Å². The molecular formula is C15H12N6O2S. The number of hydrogen-bond donors (Lipinski definition) is 1. The monoisotopic (exact) mass is 340 g/mol. The summed E-state index contributed by atoms with van der Waals surface area (Å²) in [5.74, 6) is 1.41. The molecule has 0 saturated carbocycles. The summed E-state index contributed by atoms with van der Waals surface area (Å²) < 4.78 is 7.00. The minimum Gasteiger partial charge on any atom is -0.345 e. The second kappa shape index (κ2) is 5.85. The summed E-state index contributed by atoms with van der Waals surface area (Å²) in [5.41, 5.74) is 1.93. The van der Waals surface area contributed by atoms with Gasteiger partial charge in [-0.25, -0.2) is 0 Å². The Kier molecular flexibility index (Phi) is 3.54. The van der Waals surface area contributed by atoms with E-state index in [1.54, 1.807) is 22.8 Å². The first-order chi connectivity index (χ1) is 11.7. The van der Waals surface area contributed by atoms with Crippen LogP contribution in [0.4, 0.5) is 0 Å². The summed E-state index contributed by atoms with van der Waals surface area (Å²) in [6.45, 7) is 2.02. The van der Waals surface area contributed by atoms with Crippen LogP contribution < -0.4 is 5.32 Å². The van der Waals surface area contributed by atoms with E-state index >= 15 is 0 Å². The van der Waals surface area contributed by atoms with Gasteiger partial charge in [0.25, 0.3) is 11.8 Å². The van der Waals surface area contributed by atoms with Crippen LogP contribution in [0.1, 0.15) is 22.0 Å². The van der Waals surface area contributed by atoms with Crippen LogP contribution >= 0.6 is 11.3 Å². The normalized spacial score (nSPS) is 11.0. The third kappa shape index (κ3) is 2.54. The third-order valence-electron chi connectivity index (χ3n) is 3.45. The van der Waals surface area contributed by atoms with Crippen molar-refractivity contribution >= 4 is 22.9 Å². The summed E-state index contributed by atoms with van der Waals surface area (Å²) in [7, 11) is 0. The molecule has 0 aliphatic heterocycles. The topological polar surface area (TPSA) is 98.2 Å². The van der Waals surface area contributed by atoms with E-state index in [9.17, 15) is 4.79 Å². The molecule has 4 heterocycles. The smallest absolute Gasteiger partial charge is 0.261 e. The fourth-order valence-electron chi connectivity index (χ4n) is 2.31. The highest BCUT2D eigenvalue weighted by Gasteiger charge is 2.15. The number of aromatic nitrogens is 5. The SMILES string of the molecule is Cc1noc(-c2cccn3c(CNC(=O)c4ccsc4)nnc23)n1. The standard InChI is InChI=1S/C15H12N6O2S/c1-9-17-15(23-20-9)11-3-2-5-21-12(18-19-13(11)21)7-16-14(22)10-4-6-24-8-10/h2-6,8H,7H2,1H3,(H,16,22). The molecule has 0 atom stereocenters. The Morgan fingerprint density at radius 2 is 2.29 bits per heavy atom. The van der Waals surface area contributed by atoms with Crippen LogP contribution in [0.2, 0.25) is 0 Å². The summed E-state index contributed by atoms with van der Waals surface area (Å²) in [6, 6.07) is 5.46. The van der Waals surface area contributed by atoms with E-state index in [4.69, 9.17) is 4.52 Å². The lowest BCUT2D eigenvalue weighted by Gasteiger charge is -2.03. The Bertz CT molecular complexity index is 1000. The number of carbonyl (C=O) groups is 1. The Morgan fingerprint density at radius 1 is 1.38 bits per heavy atom. The lowest BCUT2D eigenvalue weighted by Crippen LogP contribution is -2.23. The minimum atomic E-state index is -0.142. The van der Waals surface area contributed by atoms with Crippen molar-refractivity contribution in [3.63, 3.8) is 0 Å². The number of fused-ring (bicyclic) bond motifs is 1. The molecular weight excluding hydrogens is 328 g/mol. The first-order valence-electron chi connectivity index (χ1n) is 7.16. The zero-order valence-corrected chi connectivity index (χ0v) is 13.4. The van der Waals surface area contributed by atoms with Gasteiger partial charge >= 0.3 is 0 Å². The molecule has 0 spiro atoms. The Hall–Kier alpha value is -3.07. The van der Waals surface area contributed by atoms with Crippen LogP contribution in [-0.4, -0.2) is 30.6 Å². The maximum Gasteiger partial charge on any atom is 0.261 e. The summed E-state index contributed by atoms with van der Waals surface area (Å²) in [6.07, 6.45) is 1.83. The largest absolute Gasteiger partial charge is 0.345 e. The number of carbonyl (C=O) groups excluding carboxylic acids is 1.